The van der Waals surface area contributed by atoms with Crippen LogP contribution in [0.2, 0.25) is 0 Å². The SMILES string of the molecule is COc1ccc2c(c1)[C@@H](NC(=O)C1CCN(S(=O)(=O)c3ccc(F)cc3)CC1)CC(C)(C)O2. The summed E-state index contributed by atoms with van der Waals surface area (Å²) in [5.74, 6) is 0.544. The number of amides is 1. The fourth-order valence-corrected chi connectivity index (χ4v) is 5.96. The topological polar surface area (TPSA) is 84.9 Å². The molecule has 178 valence electrons. The third-order valence-electron chi connectivity index (χ3n) is 6.27. The first-order valence-corrected chi connectivity index (χ1v) is 12.5. The minimum atomic E-state index is -3.71. The molecule has 0 spiro atoms. The van der Waals surface area contributed by atoms with Crippen LogP contribution in [0.3, 0.4) is 0 Å². The summed E-state index contributed by atoms with van der Waals surface area (Å²) in [6, 6.07) is 10.1. The molecule has 2 aliphatic rings. The zero-order chi connectivity index (χ0) is 23.8. The second kappa shape index (κ2) is 8.95. The molecule has 2 aromatic carbocycles. The van der Waals surface area contributed by atoms with Crippen LogP contribution < -0.4 is 14.8 Å². The van der Waals surface area contributed by atoms with Gasteiger partial charge in [-0.25, -0.2) is 12.8 Å². The van der Waals surface area contributed by atoms with E-state index in [4.69, 9.17) is 9.47 Å². The van der Waals surface area contributed by atoms with Crippen molar-refractivity contribution in [3.63, 3.8) is 0 Å². The third kappa shape index (κ3) is 4.99. The molecule has 0 radical (unpaired) electrons. The fourth-order valence-electron chi connectivity index (χ4n) is 4.49. The summed E-state index contributed by atoms with van der Waals surface area (Å²) >= 11 is 0. The van der Waals surface area contributed by atoms with E-state index in [1.807, 2.05) is 32.0 Å². The normalized spacial score (nSPS) is 21.0. The number of sulfonamides is 1. The van der Waals surface area contributed by atoms with Crippen molar-refractivity contribution in [1.82, 2.24) is 9.62 Å². The minimum absolute atomic E-state index is 0.0572. The average Bonchev–Trinajstić information content (AvgIpc) is 2.78. The molecule has 0 aliphatic carbocycles. The predicted molar refractivity (Wildman–Crippen MR) is 121 cm³/mol. The Morgan fingerprint density at radius 2 is 1.82 bits per heavy atom. The Morgan fingerprint density at radius 1 is 1.15 bits per heavy atom. The highest BCUT2D eigenvalue weighted by Gasteiger charge is 2.37. The first-order valence-electron chi connectivity index (χ1n) is 11.0. The summed E-state index contributed by atoms with van der Waals surface area (Å²) in [4.78, 5) is 13.2. The van der Waals surface area contributed by atoms with Crippen LogP contribution in [0.25, 0.3) is 0 Å². The Bertz CT molecular complexity index is 1130. The van der Waals surface area contributed by atoms with Gasteiger partial charge in [0.1, 0.15) is 22.9 Å². The van der Waals surface area contributed by atoms with Crippen LogP contribution in [0, 0.1) is 11.7 Å². The molecule has 7 nitrogen and oxygen atoms in total. The number of carbonyl (C=O) groups is 1. The number of hydrogen-bond acceptors (Lipinski definition) is 5. The summed E-state index contributed by atoms with van der Waals surface area (Å²) in [5, 5.41) is 3.16. The lowest BCUT2D eigenvalue weighted by molar-refractivity contribution is -0.127. The number of rotatable bonds is 5. The summed E-state index contributed by atoms with van der Waals surface area (Å²) in [7, 11) is -2.12. The zero-order valence-electron chi connectivity index (χ0n) is 19.0. The van der Waals surface area contributed by atoms with Gasteiger partial charge in [-0.05, 0) is 69.2 Å². The summed E-state index contributed by atoms with van der Waals surface area (Å²) in [5.41, 5.74) is 0.435. The van der Waals surface area contributed by atoms with Crippen molar-refractivity contribution in [3.8, 4) is 11.5 Å². The number of carbonyl (C=O) groups excluding carboxylic acids is 1. The van der Waals surface area contributed by atoms with Gasteiger partial charge in [0, 0.05) is 31.0 Å². The van der Waals surface area contributed by atoms with Crippen molar-refractivity contribution in [2.45, 2.75) is 49.6 Å². The molecule has 2 aromatic rings. The first kappa shape index (κ1) is 23.5. The lowest BCUT2D eigenvalue weighted by atomic mass is 9.88. The smallest absolute Gasteiger partial charge is 0.243 e. The average molecular weight is 477 g/mol. The van der Waals surface area contributed by atoms with Crippen LogP contribution in [-0.2, 0) is 14.8 Å². The molecule has 0 unspecified atom stereocenters. The first-order chi connectivity index (χ1) is 15.6. The predicted octanol–water partition coefficient (Wildman–Crippen LogP) is 3.65. The number of methoxy groups -OCH3 is 1. The molecule has 0 bridgehead atoms. The molecule has 1 amide bonds. The Balaban J connectivity index is 1.43. The second-order valence-corrected chi connectivity index (χ2v) is 11.1. The number of nitrogens with one attached hydrogen (secondary N) is 1. The van der Waals surface area contributed by atoms with Gasteiger partial charge in [-0.15, -0.1) is 0 Å². The van der Waals surface area contributed by atoms with Gasteiger partial charge in [0.15, 0.2) is 0 Å². The molecule has 2 heterocycles. The van der Waals surface area contributed by atoms with Gasteiger partial charge in [0.2, 0.25) is 15.9 Å². The van der Waals surface area contributed by atoms with Crippen molar-refractivity contribution >= 4 is 15.9 Å². The Hall–Kier alpha value is -2.65. The van der Waals surface area contributed by atoms with Crippen molar-refractivity contribution in [3.05, 3.63) is 53.8 Å². The van der Waals surface area contributed by atoms with E-state index in [-0.39, 0.29) is 35.9 Å². The summed E-state index contributed by atoms with van der Waals surface area (Å²) in [6.45, 7) is 4.44. The van der Waals surface area contributed by atoms with E-state index in [0.29, 0.717) is 25.0 Å². The van der Waals surface area contributed by atoms with Gasteiger partial charge in [0.25, 0.3) is 0 Å². The monoisotopic (exact) mass is 476 g/mol. The van der Waals surface area contributed by atoms with E-state index in [9.17, 15) is 17.6 Å². The Labute approximate surface area is 193 Å². The molecule has 0 aromatic heterocycles. The number of benzene rings is 2. The molecule has 1 saturated heterocycles. The standard InChI is InChI=1S/C24H29FN2O5S/c1-24(2)15-21(20-14-18(31-3)6-9-22(20)32-24)26-23(28)16-10-12-27(13-11-16)33(29,30)19-7-4-17(25)5-8-19/h4-9,14,16,21H,10-13,15H2,1-3H3,(H,26,28)/t21-/m0/s1. The number of piperidine rings is 1. The van der Waals surface area contributed by atoms with Crippen LogP contribution >= 0.6 is 0 Å². The number of nitrogens with zero attached hydrogens (tertiary/aromatic N) is 1. The quantitative estimate of drug-likeness (QED) is 0.712. The second-order valence-electron chi connectivity index (χ2n) is 9.16. The van der Waals surface area contributed by atoms with E-state index >= 15 is 0 Å². The van der Waals surface area contributed by atoms with Gasteiger partial charge in [-0.3, -0.25) is 4.79 Å². The Morgan fingerprint density at radius 3 is 2.45 bits per heavy atom. The highest BCUT2D eigenvalue weighted by Crippen LogP contribution is 2.41. The number of fused-ring (bicyclic) bond motifs is 1. The van der Waals surface area contributed by atoms with Gasteiger partial charge < -0.3 is 14.8 Å². The Kier molecular flexibility index (Phi) is 6.37. The lowest BCUT2D eigenvalue weighted by Gasteiger charge is -2.39. The molecule has 9 heteroatoms. The number of ether oxygens (including phenoxy) is 2. The molecule has 0 saturated carbocycles. The van der Waals surface area contributed by atoms with Gasteiger partial charge in [-0.1, -0.05) is 0 Å². The molecular weight excluding hydrogens is 447 g/mol. The van der Waals surface area contributed by atoms with E-state index in [1.165, 1.54) is 16.4 Å². The maximum absolute atomic E-state index is 13.2. The van der Waals surface area contributed by atoms with Crippen molar-refractivity contribution in [2.24, 2.45) is 5.92 Å². The number of hydrogen-bond donors (Lipinski definition) is 1. The van der Waals surface area contributed by atoms with Crippen LogP contribution in [0.5, 0.6) is 11.5 Å². The molecule has 1 N–H and O–H groups in total. The molecule has 4 rings (SSSR count). The molecular formula is C24H29FN2O5S. The molecule has 1 fully saturated rings. The molecule has 33 heavy (non-hydrogen) atoms. The maximum Gasteiger partial charge on any atom is 0.243 e. The van der Waals surface area contributed by atoms with E-state index < -0.39 is 21.4 Å². The minimum Gasteiger partial charge on any atom is -0.497 e. The fraction of sp³-hybridized carbons (Fsp3) is 0.458. The van der Waals surface area contributed by atoms with E-state index in [0.717, 1.165) is 23.4 Å². The molecule has 2 aliphatic heterocycles. The van der Waals surface area contributed by atoms with Gasteiger partial charge >= 0.3 is 0 Å². The van der Waals surface area contributed by atoms with E-state index in [2.05, 4.69) is 5.32 Å². The molecule has 1 atom stereocenters. The van der Waals surface area contributed by atoms with Crippen LogP contribution in [0.15, 0.2) is 47.4 Å². The lowest BCUT2D eigenvalue weighted by Crippen LogP contribution is -2.46. The van der Waals surface area contributed by atoms with Crippen LogP contribution in [0.1, 0.15) is 44.7 Å². The van der Waals surface area contributed by atoms with E-state index in [1.54, 1.807) is 7.11 Å². The van der Waals surface area contributed by atoms with Gasteiger partial charge in [-0.2, -0.15) is 4.31 Å². The summed E-state index contributed by atoms with van der Waals surface area (Å²) < 4.78 is 51.6. The van der Waals surface area contributed by atoms with Crippen molar-refractivity contribution in [1.29, 1.82) is 0 Å². The largest absolute Gasteiger partial charge is 0.497 e. The van der Waals surface area contributed by atoms with Crippen LogP contribution in [-0.4, -0.2) is 44.4 Å². The maximum atomic E-state index is 13.2. The van der Waals surface area contributed by atoms with Crippen molar-refractivity contribution in [2.75, 3.05) is 20.2 Å². The zero-order valence-corrected chi connectivity index (χ0v) is 19.8. The van der Waals surface area contributed by atoms with Crippen molar-refractivity contribution < 1.29 is 27.1 Å². The highest BCUT2D eigenvalue weighted by atomic mass is 32.2. The highest BCUT2D eigenvalue weighted by molar-refractivity contribution is 7.89. The third-order valence-corrected chi connectivity index (χ3v) is 8.18. The van der Waals surface area contributed by atoms with Gasteiger partial charge in [0.05, 0.1) is 18.0 Å². The summed E-state index contributed by atoms with van der Waals surface area (Å²) in [6.07, 6.45) is 1.45. The number of halogens is 1. The van der Waals surface area contributed by atoms with Crippen LogP contribution in [0.4, 0.5) is 4.39 Å².